The molecule has 5 nitrogen and oxygen atoms in total. The molecular weight excluding hydrogens is 320 g/mol. The van der Waals surface area contributed by atoms with Gasteiger partial charge in [-0.1, -0.05) is 36.4 Å². The van der Waals surface area contributed by atoms with E-state index in [0.717, 1.165) is 17.0 Å². The van der Waals surface area contributed by atoms with Gasteiger partial charge in [-0.2, -0.15) is 5.10 Å². The molecule has 0 aliphatic heterocycles. The van der Waals surface area contributed by atoms with Crippen molar-refractivity contribution in [3.8, 4) is 0 Å². The minimum absolute atomic E-state index is 0.0160. The summed E-state index contributed by atoms with van der Waals surface area (Å²) >= 11 is 1.65. The molecule has 3 rings (SSSR count). The zero-order chi connectivity index (χ0) is 16.6. The highest BCUT2D eigenvalue weighted by atomic mass is 32.1. The number of nitrogens with one attached hydrogen (secondary N) is 2. The van der Waals surface area contributed by atoms with E-state index in [-0.39, 0.29) is 18.5 Å². The maximum atomic E-state index is 12.3. The maximum absolute atomic E-state index is 12.3. The molecule has 0 unspecified atom stereocenters. The van der Waals surface area contributed by atoms with E-state index in [1.807, 2.05) is 64.8 Å². The lowest BCUT2D eigenvalue weighted by Gasteiger charge is -2.18. The number of hydrogen-bond donors (Lipinski definition) is 2. The van der Waals surface area contributed by atoms with Gasteiger partial charge in [0, 0.05) is 23.8 Å². The summed E-state index contributed by atoms with van der Waals surface area (Å²) in [5.41, 5.74) is 1.09. The van der Waals surface area contributed by atoms with E-state index < -0.39 is 0 Å². The van der Waals surface area contributed by atoms with Crippen LogP contribution in [-0.4, -0.2) is 28.8 Å². The van der Waals surface area contributed by atoms with Crippen LogP contribution >= 0.6 is 11.3 Å². The van der Waals surface area contributed by atoms with Crippen LogP contribution in [0.1, 0.15) is 16.5 Å². The Morgan fingerprint density at radius 2 is 2.04 bits per heavy atom. The normalized spacial score (nSPS) is 12.0. The maximum Gasteiger partial charge on any atom is 0.234 e. The second kappa shape index (κ2) is 8.42. The zero-order valence-electron chi connectivity index (χ0n) is 13.3. The lowest BCUT2D eigenvalue weighted by Crippen LogP contribution is -2.37. The highest BCUT2D eigenvalue weighted by Crippen LogP contribution is 2.25. The van der Waals surface area contributed by atoms with Crippen LogP contribution in [0.25, 0.3) is 0 Å². The minimum Gasteiger partial charge on any atom is -0.343 e. The van der Waals surface area contributed by atoms with E-state index in [1.165, 1.54) is 0 Å². The zero-order valence-corrected chi connectivity index (χ0v) is 14.1. The Labute approximate surface area is 145 Å². The number of benzene rings is 1. The molecule has 0 aliphatic rings. The van der Waals surface area contributed by atoms with E-state index >= 15 is 0 Å². The van der Waals surface area contributed by atoms with Crippen molar-refractivity contribution in [2.75, 3.05) is 13.1 Å². The lowest BCUT2D eigenvalue weighted by molar-refractivity contribution is -0.120. The fourth-order valence-corrected chi connectivity index (χ4v) is 3.26. The molecule has 1 atom stereocenters. The second-order valence-corrected chi connectivity index (χ2v) is 6.35. The number of amides is 1. The second-order valence-electron chi connectivity index (χ2n) is 5.37. The van der Waals surface area contributed by atoms with Gasteiger partial charge >= 0.3 is 0 Å². The first-order valence-corrected chi connectivity index (χ1v) is 8.77. The molecule has 0 radical (unpaired) electrons. The molecule has 0 bridgehead atoms. The molecule has 3 aromatic rings. The van der Waals surface area contributed by atoms with Crippen LogP contribution in [0.2, 0.25) is 0 Å². The number of hydrogen-bond acceptors (Lipinski definition) is 4. The average Bonchev–Trinajstić information content (AvgIpc) is 3.31. The Balaban J connectivity index is 1.54. The quantitative estimate of drug-likeness (QED) is 0.619. The SMILES string of the molecule is O=C(CNCCn1cccn1)N[C@H](c1ccccc1)c1cccs1. The molecule has 0 saturated carbocycles. The van der Waals surface area contributed by atoms with Gasteiger partial charge in [-0.05, 0) is 23.1 Å². The third-order valence-corrected chi connectivity index (χ3v) is 4.57. The topological polar surface area (TPSA) is 59.0 Å². The summed E-state index contributed by atoms with van der Waals surface area (Å²) in [6, 6.07) is 15.9. The van der Waals surface area contributed by atoms with Crippen molar-refractivity contribution in [2.45, 2.75) is 12.6 Å². The molecule has 1 amide bonds. The molecular formula is C18H20N4OS. The number of nitrogens with zero attached hydrogens (tertiary/aromatic N) is 2. The number of thiophene rings is 1. The van der Waals surface area contributed by atoms with Crippen LogP contribution in [0.15, 0.2) is 66.3 Å². The number of rotatable bonds is 8. The summed E-state index contributed by atoms with van der Waals surface area (Å²) in [6.07, 6.45) is 3.65. The smallest absolute Gasteiger partial charge is 0.234 e. The van der Waals surface area contributed by atoms with Gasteiger partial charge in [0.2, 0.25) is 5.91 Å². The van der Waals surface area contributed by atoms with Crippen molar-refractivity contribution in [3.63, 3.8) is 0 Å². The van der Waals surface area contributed by atoms with Crippen molar-refractivity contribution in [1.29, 1.82) is 0 Å². The van der Waals surface area contributed by atoms with E-state index in [0.29, 0.717) is 6.54 Å². The van der Waals surface area contributed by atoms with Crippen molar-refractivity contribution in [3.05, 3.63) is 76.7 Å². The molecule has 0 spiro atoms. The van der Waals surface area contributed by atoms with Crippen molar-refractivity contribution >= 4 is 17.2 Å². The van der Waals surface area contributed by atoms with Crippen LogP contribution < -0.4 is 10.6 Å². The first kappa shape index (κ1) is 16.4. The summed E-state index contributed by atoms with van der Waals surface area (Å²) < 4.78 is 1.84. The average molecular weight is 340 g/mol. The van der Waals surface area contributed by atoms with Gasteiger partial charge in [-0.3, -0.25) is 9.48 Å². The van der Waals surface area contributed by atoms with E-state index in [2.05, 4.69) is 15.7 Å². The molecule has 0 fully saturated rings. The fourth-order valence-electron chi connectivity index (χ4n) is 2.46. The predicted octanol–water partition coefficient (Wildman–Crippen LogP) is 2.44. The first-order chi connectivity index (χ1) is 11.8. The van der Waals surface area contributed by atoms with Gasteiger partial charge in [-0.25, -0.2) is 0 Å². The molecule has 6 heteroatoms. The van der Waals surface area contributed by atoms with Crippen LogP contribution in [0.5, 0.6) is 0 Å². The Kier molecular flexibility index (Phi) is 5.76. The Morgan fingerprint density at radius 1 is 1.17 bits per heavy atom. The van der Waals surface area contributed by atoms with Crippen LogP contribution in [0.4, 0.5) is 0 Å². The van der Waals surface area contributed by atoms with Crippen LogP contribution in [-0.2, 0) is 11.3 Å². The van der Waals surface area contributed by atoms with E-state index in [9.17, 15) is 4.79 Å². The molecule has 24 heavy (non-hydrogen) atoms. The number of carbonyl (C=O) groups is 1. The summed E-state index contributed by atoms with van der Waals surface area (Å²) in [4.78, 5) is 13.4. The molecule has 1 aromatic carbocycles. The summed E-state index contributed by atoms with van der Waals surface area (Å²) in [6.45, 7) is 1.73. The summed E-state index contributed by atoms with van der Waals surface area (Å²) in [7, 11) is 0. The third kappa shape index (κ3) is 4.53. The first-order valence-electron chi connectivity index (χ1n) is 7.89. The highest BCUT2D eigenvalue weighted by molar-refractivity contribution is 7.10. The Hall–Kier alpha value is -2.44. The van der Waals surface area contributed by atoms with Gasteiger partial charge in [0.05, 0.1) is 19.1 Å². The highest BCUT2D eigenvalue weighted by Gasteiger charge is 2.17. The monoisotopic (exact) mass is 340 g/mol. The van der Waals surface area contributed by atoms with Gasteiger partial charge in [0.1, 0.15) is 0 Å². The molecule has 2 N–H and O–H groups in total. The number of aromatic nitrogens is 2. The van der Waals surface area contributed by atoms with Crippen LogP contribution in [0, 0.1) is 0 Å². The molecule has 0 aliphatic carbocycles. The standard InChI is InChI=1S/C18H20N4OS/c23-17(14-19-10-12-22-11-5-9-20-22)21-18(16-8-4-13-24-16)15-6-2-1-3-7-15/h1-9,11,13,18-19H,10,12,14H2,(H,21,23)/t18-/m1/s1. The molecule has 2 heterocycles. The third-order valence-electron chi connectivity index (χ3n) is 3.63. The van der Waals surface area contributed by atoms with Gasteiger partial charge < -0.3 is 10.6 Å². The van der Waals surface area contributed by atoms with Gasteiger partial charge in [0.25, 0.3) is 0 Å². The number of carbonyl (C=O) groups excluding carboxylic acids is 1. The van der Waals surface area contributed by atoms with Gasteiger partial charge in [-0.15, -0.1) is 11.3 Å². The molecule has 2 aromatic heterocycles. The van der Waals surface area contributed by atoms with Crippen molar-refractivity contribution in [2.24, 2.45) is 0 Å². The Morgan fingerprint density at radius 3 is 2.75 bits per heavy atom. The Bertz CT molecular complexity index is 726. The molecule has 124 valence electrons. The predicted molar refractivity (Wildman–Crippen MR) is 95.8 cm³/mol. The van der Waals surface area contributed by atoms with Gasteiger partial charge in [0.15, 0.2) is 0 Å². The van der Waals surface area contributed by atoms with Crippen molar-refractivity contribution in [1.82, 2.24) is 20.4 Å². The minimum atomic E-state index is -0.105. The van der Waals surface area contributed by atoms with E-state index in [4.69, 9.17) is 0 Å². The largest absolute Gasteiger partial charge is 0.343 e. The fraction of sp³-hybridized carbons (Fsp3) is 0.222. The molecule has 0 saturated heterocycles. The van der Waals surface area contributed by atoms with Crippen molar-refractivity contribution < 1.29 is 4.79 Å². The van der Waals surface area contributed by atoms with Crippen LogP contribution in [0.3, 0.4) is 0 Å². The lowest BCUT2D eigenvalue weighted by atomic mass is 10.1. The van der Waals surface area contributed by atoms with E-state index in [1.54, 1.807) is 17.5 Å². The summed E-state index contributed by atoms with van der Waals surface area (Å²) in [5.74, 6) is -0.0160. The summed E-state index contributed by atoms with van der Waals surface area (Å²) in [5, 5.41) is 12.4.